The molecule has 0 bridgehead atoms. The molecule has 5 heteroatoms. The van der Waals surface area contributed by atoms with Gasteiger partial charge in [0.25, 0.3) is 0 Å². The molecule has 0 aromatic heterocycles. The Bertz CT molecular complexity index is 551. The van der Waals surface area contributed by atoms with Gasteiger partial charge in [-0.05, 0) is 37.0 Å². The smallest absolute Gasteiger partial charge is 0.223 e. The average molecular weight is 381 g/mol. The van der Waals surface area contributed by atoms with E-state index in [4.69, 9.17) is 0 Å². The molecule has 1 aliphatic rings. The minimum Gasteiger partial charge on any atom is -0.356 e. The standard InChI is InChI=1S/C18H25BrN2O2/c1-18(2,14-7-9-15(19)10-8-14)12-21-16(22)4-3-11-20-17(23)13-5-6-13/h7-10,13H,3-6,11-12H2,1-2H3,(H,20,23)(H,21,22). The lowest BCUT2D eigenvalue weighted by molar-refractivity contribution is -0.123. The van der Waals surface area contributed by atoms with Crippen molar-refractivity contribution in [2.45, 2.75) is 44.9 Å². The molecule has 0 unspecified atom stereocenters. The van der Waals surface area contributed by atoms with Crippen LogP contribution in [0.25, 0.3) is 0 Å². The van der Waals surface area contributed by atoms with E-state index < -0.39 is 0 Å². The molecule has 0 atom stereocenters. The molecule has 1 saturated carbocycles. The fraction of sp³-hybridized carbons (Fsp3) is 0.556. The molecule has 0 radical (unpaired) electrons. The molecule has 0 aliphatic heterocycles. The molecule has 1 aromatic carbocycles. The summed E-state index contributed by atoms with van der Waals surface area (Å²) in [5.74, 6) is 0.410. The maximum absolute atomic E-state index is 11.9. The number of nitrogens with one attached hydrogen (secondary N) is 2. The molecular weight excluding hydrogens is 356 g/mol. The average Bonchev–Trinajstić information content (AvgIpc) is 3.35. The molecule has 4 nitrogen and oxygen atoms in total. The molecular formula is C18H25BrN2O2. The SMILES string of the molecule is CC(C)(CNC(=O)CCCNC(=O)C1CC1)c1ccc(Br)cc1. The van der Waals surface area contributed by atoms with Crippen LogP contribution >= 0.6 is 15.9 Å². The number of halogens is 1. The monoisotopic (exact) mass is 380 g/mol. The Morgan fingerprint density at radius 2 is 1.83 bits per heavy atom. The van der Waals surface area contributed by atoms with Gasteiger partial charge in [-0.3, -0.25) is 9.59 Å². The van der Waals surface area contributed by atoms with E-state index in [2.05, 4.69) is 52.5 Å². The Kier molecular flexibility index (Phi) is 6.22. The lowest BCUT2D eigenvalue weighted by Gasteiger charge is -2.25. The number of carbonyl (C=O) groups is 2. The number of rotatable bonds is 8. The van der Waals surface area contributed by atoms with Crippen molar-refractivity contribution in [3.05, 3.63) is 34.3 Å². The molecule has 0 spiro atoms. The molecule has 0 saturated heterocycles. The highest BCUT2D eigenvalue weighted by molar-refractivity contribution is 9.10. The molecule has 1 fully saturated rings. The first kappa shape index (κ1) is 18.0. The predicted octanol–water partition coefficient (Wildman–Crippen LogP) is 3.15. The van der Waals surface area contributed by atoms with Gasteiger partial charge >= 0.3 is 0 Å². The van der Waals surface area contributed by atoms with Crippen LogP contribution in [0.2, 0.25) is 0 Å². The van der Waals surface area contributed by atoms with Crippen LogP contribution in [-0.4, -0.2) is 24.9 Å². The van der Waals surface area contributed by atoms with E-state index in [0.29, 0.717) is 25.9 Å². The largest absolute Gasteiger partial charge is 0.356 e. The third-order valence-electron chi connectivity index (χ3n) is 4.18. The minimum absolute atomic E-state index is 0.0378. The Morgan fingerprint density at radius 3 is 2.43 bits per heavy atom. The highest BCUT2D eigenvalue weighted by Crippen LogP contribution is 2.28. The van der Waals surface area contributed by atoms with Gasteiger partial charge in [0.1, 0.15) is 0 Å². The lowest BCUT2D eigenvalue weighted by atomic mass is 9.84. The predicted molar refractivity (Wildman–Crippen MR) is 95.1 cm³/mol. The molecule has 126 valence electrons. The Balaban J connectivity index is 1.66. The van der Waals surface area contributed by atoms with Gasteiger partial charge in [0.2, 0.25) is 11.8 Å². The van der Waals surface area contributed by atoms with Crippen molar-refractivity contribution in [2.24, 2.45) is 5.92 Å². The van der Waals surface area contributed by atoms with Crippen LogP contribution in [0.3, 0.4) is 0 Å². The summed E-state index contributed by atoms with van der Waals surface area (Å²) in [6, 6.07) is 8.18. The second-order valence-corrected chi connectivity index (χ2v) is 7.75. The van der Waals surface area contributed by atoms with Gasteiger partial charge in [0.05, 0.1) is 0 Å². The maximum Gasteiger partial charge on any atom is 0.223 e. The normalized spacial score (nSPS) is 14.4. The lowest BCUT2D eigenvalue weighted by Crippen LogP contribution is -2.37. The topological polar surface area (TPSA) is 58.2 Å². The van der Waals surface area contributed by atoms with Crippen molar-refractivity contribution >= 4 is 27.7 Å². The van der Waals surface area contributed by atoms with Crippen molar-refractivity contribution in [3.8, 4) is 0 Å². The third kappa shape index (κ3) is 5.98. The first-order chi connectivity index (χ1) is 10.9. The summed E-state index contributed by atoms with van der Waals surface area (Å²) in [5, 5.41) is 5.88. The molecule has 2 N–H and O–H groups in total. The summed E-state index contributed by atoms with van der Waals surface area (Å²) in [7, 11) is 0. The van der Waals surface area contributed by atoms with E-state index in [1.54, 1.807) is 0 Å². The molecule has 1 aromatic rings. The van der Waals surface area contributed by atoms with Crippen LogP contribution in [0, 0.1) is 5.92 Å². The van der Waals surface area contributed by atoms with E-state index >= 15 is 0 Å². The van der Waals surface area contributed by atoms with Crippen LogP contribution in [0.4, 0.5) is 0 Å². The van der Waals surface area contributed by atoms with Crippen LogP contribution < -0.4 is 10.6 Å². The van der Waals surface area contributed by atoms with Gasteiger partial charge in [0.15, 0.2) is 0 Å². The van der Waals surface area contributed by atoms with Crippen molar-refractivity contribution < 1.29 is 9.59 Å². The zero-order valence-corrected chi connectivity index (χ0v) is 15.4. The summed E-state index contributed by atoms with van der Waals surface area (Å²) in [5.41, 5.74) is 1.08. The third-order valence-corrected chi connectivity index (χ3v) is 4.71. The van der Waals surface area contributed by atoms with Crippen molar-refractivity contribution in [1.29, 1.82) is 0 Å². The van der Waals surface area contributed by atoms with Gasteiger partial charge in [-0.1, -0.05) is 41.9 Å². The Hall–Kier alpha value is -1.36. The second-order valence-electron chi connectivity index (χ2n) is 6.84. The number of hydrogen-bond donors (Lipinski definition) is 2. The van der Waals surface area contributed by atoms with E-state index in [9.17, 15) is 9.59 Å². The van der Waals surface area contributed by atoms with E-state index in [0.717, 1.165) is 17.3 Å². The first-order valence-corrected chi connectivity index (χ1v) is 8.98. The van der Waals surface area contributed by atoms with E-state index in [-0.39, 0.29) is 23.1 Å². The highest BCUT2D eigenvalue weighted by atomic mass is 79.9. The van der Waals surface area contributed by atoms with E-state index in [1.165, 1.54) is 5.56 Å². The zero-order valence-electron chi connectivity index (χ0n) is 13.8. The summed E-state index contributed by atoms with van der Waals surface area (Å²) < 4.78 is 1.05. The second kappa shape index (κ2) is 7.95. The van der Waals surface area contributed by atoms with Crippen LogP contribution in [0.1, 0.15) is 45.1 Å². The molecule has 0 heterocycles. The van der Waals surface area contributed by atoms with Gasteiger partial charge < -0.3 is 10.6 Å². The number of hydrogen-bond acceptors (Lipinski definition) is 2. The van der Waals surface area contributed by atoms with Crippen molar-refractivity contribution in [1.82, 2.24) is 10.6 Å². The minimum atomic E-state index is -0.115. The zero-order chi connectivity index (χ0) is 16.9. The maximum atomic E-state index is 11.9. The van der Waals surface area contributed by atoms with Crippen LogP contribution in [0.15, 0.2) is 28.7 Å². The number of carbonyl (C=O) groups excluding carboxylic acids is 2. The van der Waals surface area contributed by atoms with Crippen molar-refractivity contribution in [2.75, 3.05) is 13.1 Å². The number of amides is 2. The fourth-order valence-corrected chi connectivity index (χ4v) is 2.63. The summed E-state index contributed by atoms with van der Waals surface area (Å²) in [4.78, 5) is 23.4. The highest BCUT2D eigenvalue weighted by Gasteiger charge is 2.29. The summed E-state index contributed by atoms with van der Waals surface area (Å²) >= 11 is 3.43. The summed E-state index contributed by atoms with van der Waals surface area (Å²) in [6.07, 6.45) is 3.15. The fourth-order valence-electron chi connectivity index (χ4n) is 2.36. The van der Waals surface area contributed by atoms with Gasteiger partial charge in [-0.2, -0.15) is 0 Å². The first-order valence-electron chi connectivity index (χ1n) is 8.19. The Morgan fingerprint density at radius 1 is 1.17 bits per heavy atom. The van der Waals surface area contributed by atoms with Gasteiger partial charge in [-0.25, -0.2) is 0 Å². The quantitative estimate of drug-likeness (QED) is 0.680. The molecule has 2 amide bonds. The molecule has 2 rings (SSSR count). The van der Waals surface area contributed by atoms with Gasteiger partial charge in [0, 0.05) is 35.3 Å². The van der Waals surface area contributed by atoms with Crippen LogP contribution in [0.5, 0.6) is 0 Å². The number of benzene rings is 1. The van der Waals surface area contributed by atoms with Crippen LogP contribution in [-0.2, 0) is 15.0 Å². The summed E-state index contributed by atoms with van der Waals surface area (Å²) in [6.45, 7) is 5.42. The van der Waals surface area contributed by atoms with Gasteiger partial charge in [-0.15, -0.1) is 0 Å². The van der Waals surface area contributed by atoms with Crippen molar-refractivity contribution in [3.63, 3.8) is 0 Å². The molecule has 23 heavy (non-hydrogen) atoms. The molecule has 1 aliphatic carbocycles. The Labute approximate surface area is 146 Å². The van der Waals surface area contributed by atoms with E-state index in [1.807, 2.05) is 12.1 Å².